The van der Waals surface area contributed by atoms with Crippen LogP contribution in [-0.2, 0) is 6.54 Å². The number of nitrogens with one attached hydrogen (secondary N) is 3. The molecule has 0 aliphatic heterocycles. The molecular formula is C30H29N7S. The number of para-hydroxylation sites is 1. The van der Waals surface area contributed by atoms with Crippen LogP contribution in [-0.4, -0.2) is 36.7 Å². The number of nitrogens with zero attached hydrogens (tertiary/aromatic N) is 4. The van der Waals surface area contributed by atoms with Crippen molar-refractivity contribution in [2.45, 2.75) is 39.2 Å². The van der Waals surface area contributed by atoms with E-state index < -0.39 is 0 Å². The van der Waals surface area contributed by atoms with Crippen molar-refractivity contribution in [3.63, 3.8) is 0 Å². The molecule has 1 aliphatic rings. The van der Waals surface area contributed by atoms with Crippen LogP contribution in [0.5, 0.6) is 0 Å². The molecule has 6 aromatic rings. The lowest BCUT2D eigenvalue weighted by molar-refractivity contribution is 0.489. The summed E-state index contributed by atoms with van der Waals surface area (Å²) in [5, 5.41) is 12.3. The molecule has 1 fully saturated rings. The zero-order valence-electron chi connectivity index (χ0n) is 21.3. The van der Waals surface area contributed by atoms with Crippen molar-refractivity contribution < 1.29 is 0 Å². The first-order valence-corrected chi connectivity index (χ1v) is 14.1. The summed E-state index contributed by atoms with van der Waals surface area (Å²) in [7, 11) is 0. The van der Waals surface area contributed by atoms with E-state index >= 15 is 0 Å². The van der Waals surface area contributed by atoms with Crippen LogP contribution >= 0.6 is 11.3 Å². The van der Waals surface area contributed by atoms with Crippen LogP contribution in [0.2, 0.25) is 0 Å². The van der Waals surface area contributed by atoms with Gasteiger partial charge in [0.05, 0.1) is 28.4 Å². The number of rotatable bonds is 7. The number of aromatic nitrogens is 6. The molecule has 1 saturated carbocycles. The molecule has 1 aliphatic carbocycles. The first kappa shape index (κ1) is 23.3. The Bertz CT molecular complexity index is 1740. The van der Waals surface area contributed by atoms with Crippen molar-refractivity contribution in [2.75, 3.05) is 6.54 Å². The predicted molar refractivity (Wildman–Crippen MR) is 154 cm³/mol. The van der Waals surface area contributed by atoms with Crippen LogP contribution in [0, 0.1) is 12.8 Å². The molecule has 0 amide bonds. The van der Waals surface area contributed by atoms with Gasteiger partial charge in [-0.1, -0.05) is 25.0 Å². The fourth-order valence-electron chi connectivity index (χ4n) is 5.54. The molecule has 0 unspecified atom stereocenters. The van der Waals surface area contributed by atoms with E-state index in [4.69, 9.17) is 9.97 Å². The number of H-pyrrole nitrogens is 2. The van der Waals surface area contributed by atoms with Crippen LogP contribution in [0.4, 0.5) is 0 Å². The second-order valence-corrected chi connectivity index (χ2v) is 11.5. The SMILES string of the molecule is Cc1ccc(-c2cccc3[nH]c(-c4n[nH]c5cnc(-c6cncc(CNCC7CCCC7)c6)cc45)nc23)s1. The fraction of sp³-hybridized carbons (Fsp3) is 0.267. The highest BCUT2D eigenvalue weighted by molar-refractivity contribution is 7.15. The van der Waals surface area contributed by atoms with Gasteiger partial charge in [0, 0.05) is 45.2 Å². The third-order valence-electron chi connectivity index (χ3n) is 7.52. The van der Waals surface area contributed by atoms with Gasteiger partial charge in [-0.15, -0.1) is 11.3 Å². The Morgan fingerprint density at radius 3 is 2.82 bits per heavy atom. The number of pyridine rings is 2. The summed E-state index contributed by atoms with van der Waals surface area (Å²) in [6, 6.07) is 14.8. The summed E-state index contributed by atoms with van der Waals surface area (Å²) < 4.78 is 0. The van der Waals surface area contributed by atoms with Crippen LogP contribution in [0.3, 0.4) is 0 Å². The molecule has 0 atom stereocenters. The number of aryl methyl sites for hydroxylation is 1. The topological polar surface area (TPSA) is 95.2 Å². The summed E-state index contributed by atoms with van der Waals surface area (Å²) >= 11 is 1.78. The maximum Gasteiger partial charge on any atom is 0.159 e. The molecule has 0 saturated heterocycles. The summed E-state index contributed by atoms with van der Waals surface area (Å²) in [5.41, 5.74) is 7.79. The van der Waals surface area contributed by atoms with E-state index in [-0.39, 0.29) is 0 Å². The lowest BCUT2D eigenvalue weighted by Crippen LogP contribution is -2.20. The number of hydrogen-bond donors (Lipinski definition) is 3. The Morgan fingerprint density at radius 1 is 1.03 bits per heavy atom. The Labute approximate surface area is 224 Å². The normalized spacial score (nSPS) is 14.2. The number of imidazole rings is 1. The van der Waals surface area contributed by atoms with Crippen molar-refractivity contribution in [3.05, 3.63) is 71.5 Å². The monoisotopic (exact) mass is 519 g/mol. The zero-order valence-corrected chi connectivity index (χ0v) is 22.1. The van der Waals surface area contributed by atoms with Gasteiger partial charge >= 0.3 is 0 Å². The Morgan fingerprint density at radius 2 is 1.95 bits per heavy atom. The van der Waals surface area contributed by atoms with E-state index in [1.165, 1.54) is 41.0 Å². The molecule has 3 N–H and O–H groups in total. The van der Waals surface area contributed by atoms with Gasteiger partial charge in [-0.25, -0.2) is 4.98 Å². The van der Waals surface area contributed by atoms with Crippen LogP contribution in [0.1, 0.15) is 36.1 Å². The Balaban J connectivity index is 1.20. The summed E-state index contributed by atoms with van der Waals surface area (Å²) in [4.78, 5) is 20.2. The lowest BCUT2D eigenvalue weighted by atomic mass is 10.1. The number of fused-ring (bicyclic) bond motifs is 2. The standard InChI is InChI=1S/C30H29N7S/c1-18-9-10-27(38-18)22-7-4-8-24-28(22)35-30(34-24)29-23-12-25(33-17-26(23)36-37-29)21-11-20(15-32-16-21)14-31-13-19-5-2-3-6-19/h4,7-12,15-17,19,31H,2-3,5-6,13-14H2,1H3,(H,34,35)(H,36,37). The summed E-state index contributed by atoms with van der Waals surface area (Å²) in [6.07, 6.45) is 11.1. The number of benzene rings is 1. The third kappa shape index (κ3) is 4.40. The summed E-state index contributed by atoms with van der Waals surface area (Å²) in [6.45, 7) is 4.03. The van der Waals surface area contributed by atoms with E-state index in [9.17, 15) is 0 Å². The second kappa shape index (κ2) is 9.78. The van der Waals surface area contributed by atoms with E-state index in [0.29, 0.717) is 0 Å². The average Bonchev–Trinajstić information content (AvgIpc) is 3.74. The molecule has 0 radical (unpaired) electrons. The van der Waals surface area contributed by atoms with E-state index in [1.807, 2.05) is 18.6 Å². The highest BCUT2D eigenvalue weighted by Crippen LogP contribution is 2.35. The van der Waals surface area contributed by atoms with Crippen molar-refractivity contribution in [1.29, 1.82) is 0 Å². The minimum atomic E-state index is 0.743. The molecule has 0 bridgehead atoms. The summed E-state index contributed by atoms with van der Waals surface area (Å²) in [5.74, 6) is 1.56. The largest absolute Gasteiger partial charge is 0.337 e. The second-order valence-electron chi connectivity index (χ2n) is 10.2. The van der Waals surface area contributed by atoms with Gasteiger partial charge in [0.15, 0.2) is 5.82 Å². The van der Waals surface area contributed by atoms with Crippen molar-refractivity contribution >= 4 is 33.3 Å². The van der Waals surface area contributed by atoms with Gasteiger partial charge in [-0.2, -0.15) is 5.10 Å². The Kier molecular flexibility index (Phi) is 5.98. The van der Waals surface area contributed by atoms with E-state index in [0.717, 1.165) is 69.3 Å². The minimum absolute atomic E-state index is 0.743. The number of aromatic amines is 2. The van der Waals surface area contributed by atoms with Crippen LogP contribution < -0.4 is 5.32 Å². The third-order valence-corrected chi connectivity index (χ3v) is 8.55. The zero-order chi connectivity index (χ0) is 25.5. The minimum Gasteiger partial charge on any atom is -0.337 e. The van der Waals surface area contributed by atoms with Gasteiger partial charge in [0.25, 0.3) is 0 Å². The lowest BCUT2D eigenvalue weighted by Gasteiger charge is -2.11. The van der Waals surface area contributed by atoms with Gasteiger partial charge in [-0.05, 0) is 68.1 Å². The van der Waals surface area contributed by atoms with Crippen LogP contribution in [0.25, 0.3) is 55.2 Å². The predicted octanol–water partition coefficient (Wildman–Crippen LogP) is 6.88. The van der Waals surface area contributed by atoms with Gasteiger partial charge in [0.2, 0.25) is 0 Å². The molecule has 38 heavy (non-hydrogen) atoms. The molecule has 7 nitrogen and oxygen atoms in total. The fourth-order valence-corrected chi connectivity index (χ4v) is 6.43. The Hall–Kier alpha value is -3.88. The highest BCUT2D eigenvalue weighted by Gasteiger charge is 2.17. The molecule has 7 rings (SSSR count). The van der Waals surface area contributed by atoms with Gasteiger partial charge < -0.3 is 10.3 Å². The van der Waals surface area contributed by atoms with Crippen molar-refractivity contribution in [1.82, 2.24) is 35.5 Å². The maximum absolute atomic E-state index is 5.00. The molecule has 0 spiro atoms. The maximum atomic E-state index is 5.00. The molecule has 5 heterocycles. The van der Waals surface area contributed by atoms with Crippen LogP contribution in [0.15, 0.2) is 61.1 Å². The number of hydrogen-bond acceptors (Lipinski definition) is 6. The van der Waals surface area contributed by atoms with Crippen molar-refractivity contribution in [3.8, 4) is 33.2 Å². The molecule has 5 aromatic heterocycles. The highest BCUT2D eigenvalue weighted by atomic mass is 32.1. The molecule has 8 heteroatoms. The first-order valence-electron chi connectivity index (χ1n) is 13.3. The molecule has 1 aromatic carbocycles. The van der Waals surface area contributed by atoms with Gasteiger partial charge in [0.1, 0.15) is 5.69 Å². The number of thiophene rings is 1. The van der Waals surface area contributed by atoms with Crippen molar-refractivity contribution in [2.24, 2.45) is 5.92 Å². The van der Waals surface area contributed by atoms with Gasteiger partial charge in [-0.3, -0.25) is 15.1 Å². The molecular weight excluding hydrogens is 490 g/mol. The smallest absolute Gasteiger partial charge is 0.159 e. The van der Waals surface area contributed by atoms with E-state index in [2.05, 4.69) is 74.9 Å². The molecule has 190 valence electrons. The van der Waals surface area contributed by atoms with E-state index in [1.54, 1.807) is 11.3 Å². The average molecular weight is 520 g/mol. The quantitative estimate of drug-likeness (QED) is 0.214. The first-order chi connectivity index (χ1) is 18.7.